The predicted octanol–water partition coefficient (Wildman–Crippen LogP) is 1.30. The molecule has 0 aliphatic carbocycles. The van der Waals surface area contributed by atoms with Gasteiger partial charge in [0.05, 0.1) is 17.7 Å². The van der Waals surface area contributed by atoms with Crippen LogP contribution in [0.15, 0.2) is 6.07 Å². The van der Waals surface area contributed by atoms with Crippen molar-refractivity contribution in [1.82, 2.24) is 4.98 Å². The maximum Gasteiger partial charge on any atom is 0.358 e. The zero-order chi connectivity index (χ0) is 13.2. The lowest BCUT2D eigenvalue weighted by Gasteiger charge is -2.06. The first-order valence-corrected chi connectivity index (χ1v) is 4.19. The third kappa shape index (κ3) is 2.44. The molecule has 7 nitrogen and oxygen atoms in total. The van der Waals surface area contributed by atoms with E-state index in [-0.39, 0.29) is 0 Å². The lowest BCUT2D eigenvalue weighted by Crippen LogP contribution is -2.12. The second-order valence-electron chi connectivity index (χ2n) is 2.88. The van der Waals surface area contributed by atoms with Crippen LogP contribution in [-0.2, 0) is 4.74 Å². The average Bonchev–Trinajstić information content (AvgIpc) is 2.27. The lowest BCUT2D eigenvalue weighted by atomic mass is 10.2. The molecule has 0 saturated heterocycles. The Morgan fingerprint density at radius 2 is 2.24 bits per heavy atom. The topological polar surface area (TPSA) is 108 Å². The quantitative estimate of drug-likeness (QED) is 0.489. The van der Waals surface area contributed by atoms with Crippen molar-refractivity contribution in [3.63, 3.8) is 0 Å². The SMILES string of the molecule is COC(=O)c1nc(C(F)F)c([N+](=O)[O-])cc1N. The van der Waals surface area contributed by atoms with Gasteiger partial charge in [-0.25, -0.2) is 18.6 Å². The molecule has 9 heteroatoms. The van der Waals surface area contributed by atoms with E-state index in [1.54, 1.807) is 0 Å². The number of carbonyl (C=O) groups is 1. The molecular weight excluding hydrogens is 240 g/mol. The van der Waals surface area contributed by atoms with Gasteiger partial charge in [-0.15, -0.1) is 0 Å². The van der Waals surface area contributed by atoms with E-state index in [4.69, 9.17) is 5.73 Å². The van der Waals surface area contributed by atoms with E-state index < -0.39 is 40.1 Å². The largest absolute Gasteiger partial charge is 0.464 e. The predicted molar refractivity (Wildman–Crippen MR) is 51.6 cm³/mol. The first-order chi connectivity index (χ1) is 7.88. The molecule has 1 aromatic heterocycles. The molecule has 0 unspecified atom stereocenters. The van der Waals surface area contributed by atoms with Crippen molar-refractivity contribution in [3.8, 4) is 0 Å². The number of hydrogen-bond donors (Lipinski definition) is 1. The number of carbonyl (C=O) groups excluding carboxylic acids is 1. The zero-order valence-electron chi connectivity index (χ0n) is 8.52. The first kappa shape index (κ1) is 12.7. The van der Waals surface area contributed by atoms with Crippen molar-refractivity contribution >= 4 is 17.3 Å². The molecule has 0 spiro atoms. The Bertz CT molecular complexity index is 478. The standard InChI is InChI=1S/C8H7F2N3O4/c1-17-8(14)5-3(11)2-4(13(15)16)6(12-5)7(9)10/h2,7H,11H2,1H3. The smallest absolute Gasteiger partial charge is 0.358 e. The number of pyridine rings is 1. The number of anilines is 1. The Morgan fingerprint density at radius 1 is 1.65 bits per heavy atom. The van der Waals surface area contributed by atoms with Gasteiger partial charge in [0.15, 0.2) is 11.4 Å². The minimum atomic E-state index is -3.19. The van der Waals surface area contributed by atoms with Crippen molar-refractivity contribution in [2.24, 2.45) is 0 Å². The van der Waals surface area contributed by atoms with Crippen LogP contribution < -0.4 is 5.73 Å². The molecule has 0 atom stereocenters. The summed E-state index contributed by atoms with van der Waals surface area (Å²) in [5.41, 5.74) is 2.26. The molecule has 0 fully saturated rings. The summed E-state index contributed by atoms with van der Waals surface area (Å²) in [6, 6.07) is 0.654. The number of hydrogen-bond acceptors (Lipinski definition) is 6. The van der Waals surface area contributed by atoms with Crippen LogP contribution in [0, 0.1) is 10.1 Å². The van der Waals surface area contributed by atoms with E-state index in [1.165, 1.54) is 0 Å². The third-order valence-electron chi connectivity index (χ3n) is 1.84. The monoisotopic (exact) mass is 247 g/mol. The molecule has 1 aromatic rings. The lowest BCUT2D eigenvalue weighted by molar-refractivity contribution is -0.386. The molecule has 0 radical (unpaired) electrons. The van der Waals surface area contributed by atoms with Gasteiger partial charge >= 0.3 is 5.97 Å². The number of aromatic nitrogens is 1. The number of nitrogens with two attached hydrogens (primary N) is 1. The Labute approximate surface area is 93.3 Å². The summed E-state index contributed by atoms with van der Waals surface area (Å²) in [4.78, 5) is 23.7. The van der Waals surface area contributed by atoms with E-state index in [1.807, 2.05) is 0 Å². The maximum absolute atomic E-state index is 12.5. The molecular formula is C8H7F2N3O4. The van der Waals surface area contributed by atoms with Crippen molar-refractivity contribution in [1.29, 1.82) is 0 Å². The minimum absolute atomic E-state index is 0.395. The molecule has 0 aromatic carbocycles. The zero-order valence-corrected chi connectivity index (χ0v) is 8.52. The van der Waals surface area contributed by atoms with Crippen LogP contribution in [-0.4, -0.2) is 23.0 Å². The number of alkyl halides is 2. The maximum atomic E-state index is 12.5. The summed E-state index contributed by atoms with van der Waals surface area (Å²) in [5.74, 6) is -1.04. The van der Waals surface area contributed by atoms with Crippen molar-refractivity contribution < 1.29 is 23.2 Å². The first-order valence-electron chi connectivity index (χ1n) is 4.19. The molecule has 0 amide bonds. The summed E-state index contributed by atoms with van der Waals surface area (Å²) in [5, 5.41) is 10.5. The van der Waals surface area contributed by atoms with E-state index in [2.05, 4.69) is 9.72 Å². The molecule has 0 saturated carbocycles. The Kier molecular flexibility index (Phi) is 3.51. The molecule has 0 aliphatic heterocycles. The van der Waals surface area contributed by atoms with Crippen LogP contribution in [0.3, 0.4) is 0 Å². The van der Waals surface area contributed by atoms with Gasteiger partial charge in [0.25, 0.3) is 12.1 Å². The number of nitrogens with zero attached hydrogens (tertiary/aromatic N) is 2. The van der Waals surface area contributed by atoms with Crippen LogP contribution in [0.25, 0.3) is 0 Å². The third-order valence-corrected chi connectivity index (χ3v) is 1.84. The molecule has 1 heterocycles. The number of nitrogen functional groups attached to an aromatic ring is 1. The van der Waals surface area contributed by atoms with Crippen molar-refractivity contribution in [2.45, 2.75) is 6.43 Å². The molecule has 1 rings (SSSR count). The van der Waals surface area contributed by atoms with E-state index >= 15 is 0 Å². The molecule has 17 heavy (non-hydrogen) atoms. The number of ether oxygens (including phenoxy) is 1. The highest BCUT2D eigenvalue weighted by molar-refractivity contribution is 5.93. The minimum Gasteiger partial charge on any atom is -0.464 e. The van der Waals surface area contributed by atoms with E-state index in [0.29, 0.717) is 6.07 Å². The van der Waals surface area contributed by atoms with Crippen LogP contribution >= 0.6 is 0 Å². The summed E-state index contributed by atoms with van der Waals surface area (Å²) in [7, 11) is 1.01. The van der Waals surface area contributed by atoms with Gasteiger partial charge in [-0.2, -0.15) is 0 Å². The van der Waals surface area contributed by atoms with Gasteiger partial charge in [-0.3, -0.25) is 10.1 Å². The molecule has 2 N–H and O–H groups in total. The van der Waals surface area contributed by atoms with E-state index in [0.717, 1.165) is 7.11 Å². The number of nitro groups is 1. The van der Waals surface area contributed by atoms with Crippen LogP contribution in [0.4, 0.5) is 20.2 Å². The molecule has 92 valence electrons. The van der Waals surface area contributed by atoms with Crippen LogP contribution in [0.2, 0.25) is 0 Å². The highest BCUT2D eigenvalue weighted by Gasteiger charge is 2.27. The number of rotatable bonds is 3. The van der Waals surface area contributed by atoms with Gasteiger partial charge < -0.3 is 10.5 Å². The van der Waals surface area contributed by atoms with Crippen LogP contribution in [0.5, 0.6) is 0 Å². The molecule has 0 bridgehead atoms. The Hall–Kier alpha value is -2.32. The highest BCUT2D eigenvalue weighted by Crippen LogP contribution is 2.30. The summed E-state index contributed by atoms with van der Waals surface area (Å²) in [6.07, 6.45) is -3.19. The molecule has 0 aliphatic rings. The fourth-order valence-electron chi connectivity index (χ4n) is 1.10. The number of methoxy groups -OCH3 is 1. The second-order valence-corrected chi connectivity index (χ2v) is 2.88. The van der Waals surface area contributed by atoms with Crippen molar-refractivity contribution in [3.05, 3.63) is 27.6 Å². The van der Waals surface area contributed by atoms with Gasteiger partial charge in [0.1, 0.15) is 0 Å². The van der Waals surface area contributed by atoms with E-state index in [9.17, 15) is 23.7 Å². The van der Waals surface area contributed by atoms with Gasteiger partial charge in [0, 0.05) is 6.07 Å². The summed E-state index contributed by atoms with van der Waals surface area (Å²) >= 11 is 0. The fraction of sp³-hybridized carbons (Fsp3) is 0.250. The average molecular weight is 247 g/mol. The summed E-state index contributed by atoms with van der Waals surface area (Å²) < 4.78 is 29.3. The second kappa shape index (κ2) is 4.68. The highest BCUT2D eigenvalue weighted by atomic mass is 19.3. The normalized spacial score (nSPS) is 10.4. The Morgan fingerprint density at radius 3 is 2.65 bits per heavy atom. The summed E-state index contributed by atoms with van der Waals surface area (Å²) in [6.45, 7) is 0. The van der Waals surface area contributed by atoms with Gasteiger partial charge in [-0.1, -0.05) is 0 Å². The fourth-order valence-corrected chi connectivity index (χ4v) is 1.10. The Balaban J connectivity index is 3.45. The van der Waals surface area contributed by atoms with Crippen LogP contribution in [0.1, 0.15) is 22.6 Å². The number of halogens is 2. The van der Waals surface area contributed by atoms with Crippen molar-refractivity contribution in [2.75, 3.05) is 12.8 Å². The van der Waals surface area contributed by atoms with Gasteiger partial charge in [0.2, 0.25) is 0 Å². The van der Waals surface area contributed by atoms with Gasteiger partial charge in [-0.05, 0) is 0 Å². The number of esters is 1.